The van der Waals surface area contributed by atoms with Crippen molar-refractivity contribution in [2.24, 2.45) is 4.99 Å². The number of halogens is 1. The van der Waals surface area contributed by atoms with E-state index in [4.69, 9.17) is 0 Å². The Kier molecular flexibility index (Phi) is 13.5. The summed E-state index contributed by atoms with van der Waals surface area (Å²) in [6.45, 7) is 13.4. The maximum Gasteiger partial charge on any atom is 0.244 e. The van der Waals surface area contributed by atoms with Crippen LogP contribution in [0.15, 0.2) is 4.99 Å². The molecule has 1 aliphatic heterocycles. The number of carbonyl (C=O) groups is 1. The zero-order valence-electron chi connectivity index (χ0n) is 14.9. The summed E-state index contributed by atoms with van der Waals surface area (Å²) in [5.41, 5.74) is 0. The predicted octanol–water partition coefficient (Wildman–Crippen LogP) is 1.51. The van der Waals surface area contributed by atoms with E-state index in [0.29, 0.717) is 0 Å². The monoisotopic (exact) mass is 439 g/mol. The standard InChI is InChI=1S/C16H33N5O.HI/c1-4-17-16(18-10-9-11-20(5-2)6-3)19-14-15(22)21-12-7-8-13-21;/h4-14H2,1-3H3,(H2,17,18,19);1H. The lowest BCUT2D eigenvalue weighted by atomic mass is 10.3. The largest absolute Gasteiger partial charge is 0.357 e. The number of nitrogens with zero attached hydrogens (tertiary/aromatic N) is 3. The molecule has 1 rings (SSSR count). The molecule has 0 bridgehead atoms. The molecule has 1 saturated heterocycles. The van der Waals surface area contributed by atoms with E-state index in [1.165, 1.54) is 0 Å². The van der Waals surface area contributed by atoms with Gasteiger partial charge in [-0.2, -0.15) is 0 Å². The fourth-order valence-electron chi connectivity index (χ4n) is 2.60. The average Bonchev–Trinajstić information content (AvgIpc) is 3.06. The number of amides is 1. The number of hydrogen-bond donors (Lipinski definition) is 2. The first-order valence-corrected chi connectivity index (χ1v) is 8.73. The van der Waals surface area contributed by atoms with Gasteiger partial charge in [-0.05, 0) is 45.8 Å². The van der Waals surface area contributed by atoms with Crippen LogP contribution in [0.3, 0.4) is 0 Å². The molecule has 1 heterocycles. The third-order valence-electron chi connectivity index (χ3n) is 4.01. The quantitative estimate of drug-likeness (QED) is 0.248. The molecule has 0 saturated carbocycles. The van der Waals surface area contributed by atoms with Gasteiger partial charge in [0.15, 0.2) is 5.96 Å². The highest BCUT2D eigenvalue weighted by atomic mass is 127. The lowest BCUT2D eigenvalue weighted by molar-refractivity contribution is -0.128. The van der Waals surface area contributed by atoms with E-state index in [2.05, 4.69) is 34.4 Å². The smallest absolute Gasteiger partial charge is 0.244 e. The van der Waals surface area contributed by atoms with E-state index in [9.17, 15) is 4.79 Å². The molecule has 0 aliphatic carbocycles. The van der Waals surface area contributed by atoms with Gasteiger partial charge in [-0.1, -0.05) is 13.8 Å². The highest BCUT2D eigenvalue weighted by Gasteiger charge is 2.17. The van der Waals surface area contributed by atoms with Crippen LogP contribution in [0, 0.1) is 0 Å². The molecule has 1 fully saturated rings. The second kappa shape index (κ2) is 13.8. The molecular weight excluding hydrogens is 405 g/mol. The van der Waals surface area contributed by atoms with E-state index in [-0.39, 0.29) is 36.4 Å². The number of aliphatic imine (C=N–C) groups is 1. The highest BCUT2D eigenvalue weighted by molar-refractivity contribution is 14.0. The molecule has 23 heavy (non-hydrogen) atoms. The summed E-state index contributed by atoms with van der Waals surface area (Å²) in [5.74, 6) is 0.882. The number of carbonyl (C=O) groups excluding carboxylic acids is 1. The zero-order chi connectivity index (χ0) is 16.2. The Morgan fingerprint density at radius 3 is 2.35 bits per heavy atom. The average molecular weight is 439 g/mol. The summed E-state index contributed by atoms with van der Waals surface area (Å²) in [4.78, 5) is 20.7. The van der Waals surface area contributed by atoms with E-state index in [1.807, 2.05) is 11.8 Å². The van der Waals surface area contributed by atoms with Gasteiger partial charge < -0.3 is 20.4 Å². The van der Waals surface area contributed by atoms with Gasteiger partial charge in [-0.3, -0.25) is 4.79 Å². The molecule has 0 atom stereocenters. The van der Waals surface area contributed by atoms with E-state index >= 15 is 0 Å². The summed E-state index contributed by atoms with van der Waals surface area (Å²) < 4.78 is 0. The van der Waals surface area contributed by atoms with Gasteiger partial charge in [0.25, 0.3) is 0 Å². The Morgan fingerprint density at radius 2 is 1.78 bits per heavy atom. The molecule has 2 N–H and O–H groups in total. The van der Waals surface area contributed by atoms with Crippen LogP contribution in [0.25, 0.3) is 0 Å². The van der Waals surface area contributed by atoms with Crippen LogP contribution >= 0.6 is 24.0 Å². The molecule has 6 nitrogen and oxygen atoms in total. The van der Waals surface area contributed by atoms with Crippen LogP contribution in [0.1, 0.15) is 40.0 Å². The Bertz CT molecular complexity index is 341. The van der Waals surface area contributed by atoms with Crippen LogP contribution in [-0.4, -0.2) is 74.0 Å². The molecule has 1 amide bonds. The van der Waals surface area contributed by atoms with Crippen LogP contribution < -0.4 is 10.6 Å². The summed E-state index contributed by atoms with van der Waals surface area (Å²) >= 11 is 0. The van der Waals surface area contributed by atoms with E-state index < -0.39 is 0 Å². The number of guanidine groups is 1. The van der Waals surface area contributed by atoms with Gasteiger partial charge in [-0.15, -0.1) is 24.0 Å². The second-order valence-electron chi connectivity index (χ2n) is 5.59. The molecule has 136 valence electrons. The van der Waals surface area contributed by atoms with Gasteiger partial charge in [-0.25, -0.2) is 4.99 Å². The van der Waals surface area contributed by atoms with Crippen molar-refractivity contribution in [2.45, 2.75) is 40.0 Å². The minimum Gasteiger partial charge on any atom is -0.357 e. The molecule has 0 aromatic carbocycles. The Labute approximate surface area is 158 Å². The Hall–Kier alpha value is -0.570. The van der Waals surface area contributed by atoms with Crippen molar-refractivity contribution in [3.63, 3.8) is 0 Å². The van der Waals surface area contributed by atoms with Crippen molar-refractivity contribution in [1.82, 2.24) is 20.4 Å². The molecule has 7 heteroatoms. The van der Waals surface area contributed by atoms with Gasteiger partial charge in [0.1, 0.15) is 6.54 Å². The van der Waals surface area contributed by atoms with Gasteiger partial charge >= 0.3 is 0 Å². The lowest BCUT2D eigenvalue weighted by Gasteiger charge is -2.18. The van der Waals surface area contributed by atoms with Crippen LogP contribution in [-0.2, 0) is 4.79 Å². The number of likely N-dealkylation sites (tertiary alicyclic amines) is 1. The summed E-state index contributed by atoms with van der Waals surface area (Å²) in [7, 11) is 0. The Morgan fingerprint density at radius 1 is 1.13 bits per heavy atom. The van der Waals surface area contributed by atoms with Crippen LogP contribution in [0.2, 0.25) is 0 Å². The van der Waals surface area contributed by atoms with Crippen molar-refractivity contribution in [3.05, 3.63) is 0 Å². The second-order valence-corrected chi connectivity index (χ2v) is 5.59. The number of nitrogens with one attached hydrogen (secondary N) is 2. The first kappa shape index (κ1) is 22.4. The van der Waals surface area contributed by atoms with Gasteiger partial charge in [0.05, 0.1) is 0 Å². The van der Waals surface area contributed by atoms with Crippen molar-refractivity contribution >= 4 is 35.8 Å². The molecule has 1 aliphatic rings. The maximum atomic E-state index is 12.0. The molecule has 0 aromatic rings. The zero-order valence-corrected chi connectivity index (χ0v) is 17.3. The normalized spacial score (nSPS) is 14.8. The summed E-state index contributed by atoms with van der Waals surface area (Å²) in [5, 5.41) is 6.51. The first-order valence-electron chi connectivity index (χ1n) is 8.73. The number of hydrogen-bond acceptors (Lipinski definition) is 3. The van der Waals surface area contributed by atoms with Crippen molar-refractivity contribution < 1.29 is 4.79 Å². The summed E-state index contributed by atoms with van der Waals surface area (Å²) in [6.07, 6.45) is 3.32. The van der Waals surface area contributed by atoms with E-state index in [1.54, 1.807) is 0 Å². The molecule has 0 aromatic heterocycles. The first-order chi connectivity index (χ1) is 10.7. The minimum atomic E-state index is 0. The third-order valence-corrected chi connectivity index (χ3v) is 4.01. The number of rotatable bonds is 9. The summed E-state index contributed by atoms with van der Waals surface area (Å²) in [6, 6.07) is 0. The molecule has 0 radical (unpaired) electrons. The highest BCUT2D eigenvalue weighted by Crippen LogP contribution is 2.07. The molecule has 0 spiro atoms. The fourth-order valence-corrected chi connectivity index (χ4v) is 2.60. The third kappa shape index (κ3) is 9.34. The SMILES string of the molecule is CCNC(=NCC(=O)N1CCCC1)NCCCN(CC)CC.I. The van der Waals surface area contributed by atoms with Crippen LogP contribution in [0.4, 0.5) is 0 Å². The van der Waals surface area contributed by atoms with Crippen molar-refractivity contribution in [1.29, 1.82) is 0 Å². The molecule has 0 unspecified atom stereocenters. The van der Waals surface area contributed by atoms with E-state index in [0.717, 1.165) is 71.0 Å². The topological polar surface area (TPSA) is 60.0 Å². The van der Waals surface area contributed by atoms with Crippen LogP contribution in [0.5, 0.6) is 0 Å². The fraction of sp³-hybridized carbons (Fsp3) is 0.875. The van der Waals surface area contributed by atoms with Crippen molar-refractivity contribution in [3.8, 4) is 0 Å². The lowest BCUT2D eigenvalue weighted by Crippen LogP contribution is -2.40. The maximum absolute atomic E-state index is 12.0. The van der Waals surface area contributed by atoms with Crippen molar-refractivity contribution in [2.75, 3.05) is 52.4 Å². The predicted molar refractivity (Wildman–Crippen MR) is 108 cm³/mol. The minimum absolute atomic E-state index is 0. The Balaban J connectivity index is 0.00000484. The van der Waals surface area contributed by atoms with Gasteiger partial charge in [0.2, 0.25) is 5.91 Å². The van der Waals surface area contributed by atoms with Gasteiger partial charge in [0, 0.05) is 26.2 Å². The molecular formula is C16H34IN5O.